The summed E-state index contributed by atoms with van der Waals surface area (Å²) < 4.78 is 0. The van der Waals surface area contributed by atoms with Crippen LogP contribution in [0.5, 0.6) is 0 Å². The highest BCUT2D eigenvalue weighted by Gasteiger charge is 2.02. The molecule has 0 radical (unpaired) electrons. The first-order valence-corrected chi connectivity index (χ1v) is 5.66. The monoisotopic (exact) mass is 249 g/mol. The molecule has 0 fully saturated rings. The Morgan fingerprint density at radius 3 is 2.37 bits per heavy atom. The van der Waals surface area contributed by atoms with E-state index < -0.39 is 0 Å². The first kappa shape index (κ1) is 12.5. The Hall–Kier alpha value is -2.92. The number of aromatic nitrogens is 2. The molecule has 92 valence electrons. The second kappa shape index (κ2) is 5.16. The van der Waals surface area contributed by atoms with Crippen LogP contribution in [-0.4, -0.2) is 9.97 Å². The minimum atomic E-state index is 0.0197. The van der Waals surface area contributed by atoms with Crippen molar-refractivity contribution >= 4 is 16.7 Å². The highest BCUT2D eigenvalue weighted by atomic mass is 14.9. The molecular weight excluding hydrogens is 238 g/mol. The SMILES string of the molecule is Cc1nc2ccc(NC=C(C#N)C#N)cc2nc1C. The number of allylic oxidation sites excluding steroid dienone is 1. The van der Waals surface area contributed by atoms with Crippen LogP contribution in [0.2, 0.25) is 0 Å². The normalized spacial score (nSPS) is 9.47. The molecule has 0 aliphatic rings. The number of nitriles is 2. The smallest absolute Gasteiger partial charge is 0.145 e. The zero-order valence-corrected chi connectivity index (χ0v) is 10.6. The van der Waals surface area contributed by atoms with Gasteiger partial charge in [0.1, 0.15) is 17.7 Å². The largest absolute Gasteiger partial charge is 0.360 e. The van der Waals surface area contributed by atoms with E-state index in [-0.39, 0.29) is 5.57 Å². The quantitative estimate of drug-likeness (QED) is 0.827. The van der Waals surface area contributed by atoms with E-state index in [4.69, 9.17) is 10.5 Å². The van der Waals surface area contributed by atoms with E-state index in [1.807, 2.05) is 32.0 Å². The van der Waals surface area contributed by atoms with Crippen molar-refractivity contribution in [3.05, 3.63) is 41.4 Å². The molecule has 19 heavy (non-hydrogen) atoms. The van der Waals surface area contributed by atoms with Crippen LogP contribution in [0.1, 0.15) is 11.4 Å². The first-order valence-electron chi connectivity index (χ1n) is 5.66. The van der Waals surface area contributed by atoms with E-state index in [9.17, 15) is 0 Å². The van der Waals surface area contributed by atoms with Crippen LogP contribution in [0.25, 0.3) is 11.0 Å². The summed E-state index contributed by atoms with van der Waals surface area (Å²) in [5.74, 6) is 0. The van der Waals surface area contributed by atoms with Crippen molar-refractivity contribution < 1.29 is 0 Å². The molecular formula is C14H11N5. The summed E-state index contributed by atoms with van der Waals surface area (Å²) in [4.78, 5) is 8.88. The van der Waals surface area contributed by atoms with Gasteiger partial charge in [0.05, 0.1) is 22.4 Å². The zero-order chi connectivity index (χ0) is 13.8. The Balaban J connectivity index is 2.38. The van der Waals surface area contributed by atoms with E-state index in [0.29, 0.717) is 0 Å². The Morgan fingerprint density at radius 2 is 1.74 bits per heavy atom. The fourth-order valence-corrected chi connectivity index (χ4v) is 1.57. The molecule has 0 bridgehead atoms. The first-order chi connectivity index (χ1) is 9.13. The van der Waals surface area contributed by atoms with Gasteiger partial charge in [0, 0.05) is 11.9 Å². The van der Waals surface area contributed by atoms with Crippen LogP contribution in [0.15, 0.2) is 30.0 Å². The molecule has 2 aromatic rings. The maximum Gasteiger partial charge on any atom is 0.145 e. The minimum Gasteiger partial charge on any atom is -0.360 e. The van der Waals surface area contributed by atoms with Gasteiger partial charge in [-0.1, -0.05) is 0 Å². The van der Waals surface area contributed by atoms with Crippen LogP contribution in [0.4, 0.5) is 5.69 Å². The van der Waals surface area contributed by atoms with Gasteiger partial charge in [0.2, 0.25) is 0 Å². The number of anilines is 1. The van der Waals surface area contributed by atoms with E-state index in [2.05, 4.69) is 15.3 Å². The van der Waals surface area contributed by atoms with Gasteiger partial charge in [-0.15, -0.1) is 0 Å². The second-order valence-corrected chi connectivity index (χ2v) is 4.02. The highest BCUT2D eigenvalue weighted by molar-refractivity contribution is 5.79. The molecule has 1 heterocycles. The Morgan fingerprint density at radius 1 is 1.11 bits per heavy atom. The molecule has 0 spiro atoms. The van der Waals surface area contributed by atoms with Gasteiger partial charge in [-0.3, -0.25) is 0 Å². The lowest BCUT2D eigenvalue weighted by Crippen LogP contribution is -1.95. The number of hydrogen-bond acceptors (Lipinski definition) is 5. The van der Waals surface area contributed by atoms with Gasteiger partial charge < -0.3 is 5.32 Å². The summed E-state index contributed by atoms with van der Waals surface area (Å²) in [7, 11) is 0. The Labute approximate surface area is 110 Å². The molecule has 2 rings (SSSR count). The summed E-state index contributed by atoms with van der Waals surface area (Å²) >= 11 is 0. The summed E-state index contributed by atoms with van der Waals surface area (Å²) in [5, 5.41) is 20.2. The average molecular weight is 249 g/mol. The van der Waals surface area contributed by atoms with Crippen LogP contribution >= 0.6 is 0 Å². The molecule has 0 saturated carbocycles. The van der Waals surface area contributed by atoms with Crippen molar-refractivity contribution in [2.75, 3.05) is 5.32 Å². The van der Waals surface area contributed by atoms with Crippen LogP contribution in [-0.2, 0) is 0 Å². The van der Waals surface area contributed by atoms with Crippen LogP contribution in [0.3, 0.4) is 0 Å². The molecule has 0 aliphatic carbocycles. The molecule has 0 aliphatic heterocycles. The second-order valence-electron chi connectivity index (χ2n) is 4.02. The lowest BCUT2D eigenvalue weighted by Gasteiger charge is -2.05. The molecule has 1 aromatic carbocycles. The van der Waals surface area contributed by atoms with Gasteiger partial charge in [-0.25, -0.2) is 9.97 Å². The third-order valence-electron chi connectivity index (χ3n) is 2.70. The predicted molar refractivity (Wildman–Crippen MR) is 71.9 cm³/mol. The third-order valence-corrected chi connectivity index (χ3v) is 2.70. The maximum atomic E-state index is 8.64. The van der Waals surface area contributed by atoms with Crippen LogP contribution in [0, 0.1) is 36.5 Å². The predicted octanol–water partition coefficient (Wildman–Crippen LogP) is 2.59. The number of aryl methyl sites for hydroxylation is 2. The van der Waals surface area contributed by atoms with E-state index >= 15 is 0 Å². The standard InChI is InChI=1S/C14H11N5/c1-9-10(2)19-14-5-12(3-4-13(14)18-9)17-8-11(6-15)7-16/h3-5,8,17H,1-2H3. The number of rotatable bonds is 2. The Kier molecular flexibility index (Phi) is 3.40. The molecule has 1 aromatic heterocycles. The van der Waals surface area contributed by atoms with Crippen molar-refractivity contribution in [3.63, 3.8) is 0 Å². The fraction of sp³-hybridized carbons (Fsp3) is 0.143. The van der Waals surface area contributed by atoms with E-state index in [1.54, 1.807) is 12.1 Å². The topological polar surface area (TPSA) is 85.4 Å². The summed E-state index contributed by atoms with van der Waals surface area (Å²) in [6.45, 7) is 3.83. The van der Waals surface area contributed by atoms with Crippen molar-refractivity contribution in [1.29, 1.82) is 10.5 Å². The van der Waals surface area contributed by atoms with Crippen molar-refractivity contribution in [3.8, 4) is 12.1 Å². The van der Waals surface area contributed by atoms with Crippen molar-refractivity contribution in [1.82, 2.24) is 9.97 Å². The van der Waals surface area contributed by atoms with Gasteiger partial charge in [-0.05, 0) is 32.0 Å². The maximum absolute atomic E-state index is 8.64. The molecule has 0 amide bonds. The number of nitrogens with one attached hydrogen (secondary N) is 1. The van der Waals surface area contributed by atoms with Gasteiger partial charge in [0.25, 0.3) is 0 Å². The fourth-order valence-electron chi connectivity index (χ4n) is 1.57. The van der Waals surface area contributed by atoms with Gasteiger partial charge >= 0.3 is 0 Å². The van der Waals surface area contributed by atoms with E-state index in [0.717, 1.165) is 28.1 Å². The lowest BCUT2D eigenvalue weighted by atomic mass is 10.2. The summed E-state index contributed by atoms with van der Waals surface area (Å²) in [5.41, 5.74) is 4.16. The molecule has 5 nitrogen and oxygen atoms in total. The third kappa shape index (κ3) is 2.67. The van der Waals surface area contributed by atoms with Gasteiger partial charge in [0.15, 0.2) is 0 Å². The van der Waals surface area contributed by atoms with E-state index in [1.165, 1.54) is 6.20 Å². The molecule has 0 saturated heterocycles. The molecule has 5 heteroatoms. The number of hydrogen-bond donors (Lipinski definition) is 1. The zero-order valence-electron chi connectivity index (χ0n) is 10.6. The number of benzene rings is 1. The molecule has 0 unspecified atom stereocenters. The van der Waals surface area contributed by atoms with Gasteiger partial charge in [-0.2, -0.15) is 10.5 Å². The Bertz CT molecular complexity index is 731. The summed E-state index contributed by atoms with van der Waals surface area (Å²) in [6, 6.07) is 9.08. The highest BCUT2D eigenvalue weighted by Crippen LogP contribution is 2.17. The lowest BCUT2D eigenvalue weighted by molar-refractivity contribution is 1.10. The van der Waals surface area contributed by atoms with Crippen LogP contribution < -0.4 is 5.32 Å². The average Bonchev–Trinajstić information content (AvgIpc) is 2.41. The number of fused-ring (bicyclic) bond motifs is 1. The minimum absolute atomic E-state index is 0.0197. The molecule has 0 atom stereocenters. The molecule has 1 N–H and O–H groups in total. The van der Waals surface area contributed by atoms with Crippen molar-refractivity contribution in [2.45, 2.75) is 13.8 Å². The van der Waals surface area contributed by atoms with Crippen molar-refractivity contribution in [2.24, 2.45) is 0 Å². The number of nitrogens with zero attached hydrogens (tertiary/aromatic N) is 4. The summed E-state index contributed by atoms with van der Waals surface area (Å²) in [6.07, 6.45) is 1.37.